The summed E-state index contributed by atoms with van der Waals surface area (Å²) in [6.07, 6.45) is 1.38. The van der Waals surface area contributed by atoms with Gasteiger partial charge in [0.1, 0.15) is 23.8 Å². The van der Waals surface area contributed by atoms with Crippen LogP contribution in [0, 0.1) is 5.82 Å². The molecular weight excluding hydrogens is 575 g/mol. The summed E-state index contributed by atoms with van der Waals surface area (Å²) < 4.78 is 19.7. The third kappa shape index (κ3) is 6.47. The molecule has 2 N–H and O–H groups in total. The van der Waals surface area contributed by atoms with E-state index in [4.69, 9.17) is 4.74 Å². The number of amides is 3. The standard InChI is InChI=1S/C31H27FN4O4S2/c32-23-8-4-7-22(15-23)29-36(31(39)40-16-19-5-2-1-3-6-19)26(18-41-29)28(38)35-30-34-25(17-42-30)20-9-11-21(12-10-20)27(37)33-24-13-14-24/h1-12,15,17,24,26,29H,13-14,16,18H2,(H,33,37)(H,34,35,38). The van der Waals surface area contributed by atoms with Crippen molar-refractivity contribution in [3.8, 4) is 11.3 Å². The topological polar surface area (TPSA) is 101 Å². The highest BCUT2D eigenvalue weighted by atomic mass is 32.2. The highest BCUT2D eigenvalue weighted by Gasteiger charge is 2.43. The number of thiazole rings is 1. The number of carbonyl (C=O) groups excluding carboxylic acids is 3. The van der Waals surface area contributed by atoms with E-state index in [0.717, 1.165) is 24.0 Å². The highest BCUT2D eigenvalue weighted by Crippen LogP contribution is 2.42. The van der Waals surface area contributed by atoms with Crippen LogP contribution in [0.5, 0.6) is 0 Å². The Kier molecular flexibility index (Phi) is 8.20. The second-order valence-electron chi connectivity index (χ2n) is 10.1. The number of carbonyl (C=O) groups is 3. The fourth-order valence-corrected chi connectivity index (χ4v) is 6.72. The van der Waals surface area contributed by atoms with Gasteiger partial charge in [-0.05, 0) is 48.2 Å². The normalized spacial score (nSPS) is 18.0. The van der Waals surface area contributed by atoms with Gasteiger partial charge >= 0.3 is 6.09 Å². The zero-order valence-corrected chi connectivity index (χ0v) is 24.0. The Morgan fingerprint density at radius 2 is 1.79 bits per heavy atom. The van der Waals surface area contributed by atoms with Crippen LogP contribution in [0.25, 0.3) is 11.3 Å². The fourth-order valence-electron chi connectivity index (χ4n) is 4.58. The molecule has 4 aromatic rings. The predicted molar refractivity (Wildman–Crippen MR) is 161 cm³/mol. The molecule has 2 fully saturated rings. The second-order valence-corrected chi connectivity index (χ2v) is 12.0. The average molecular weight is 603 g/mol. The van der Waals surface area contributed by atoms with Gasteiger partial charge in [0.05, 0.1) is 5.69 Å². The molecule has 1 aliphatic carbocycles. The maximum absolute atomic E-state index is 14.1. The molecular formula is C31H27FN4O4S2. The van der Waals surface area contributed by atoms with Crippen LogP contribution < -0.4 is 10.6 Å². The van der Waals surface area contributed by atoms with Gasteiger partial charge < -0.3 is 15.4 Å². The number of rotatable bonds is 8. The van der Waals surface area contributed by atoms with Crippen molar-refractivity contribution >= 4 is 46.1 Å². The first-order valence-electron chi connectivity index (χ1n) is 13.5. The molecule has 42 heavy (non-hydrogen) atoms. The van der Waals surface area contributed by atoms with Gasteiger partial charge in [0.2, 0.25) is 5.91 Å². The van der Waals surface area contributed by atoms with Crippen LogP contribution in [0.3, 0.4) is 0 Å². The maximum Gasteiger partial charge on any atom is 0.412 e. The van der Waals surface area contributed by atoms with E-state index in [9.17, 15) is 18.8 Å². The summed E-state index contributed by atoms with van der Waals surface area (Å²) in [6, 6.07) is 21.9. The van der Waals surface area contributed by atoms with Crippen molar-refractivity contribution in [2.45, 2.75) is 36.9 Å². The zero-order chi connectivity index (χ0) is 29.1. The molecule has 3 amide bonds. The minimum absolute atomic E-state index is 0.0436. The number of ether oxygens (including phenoxy) is 1. The van der Waals surface area contributed by atoms with Crippen LogP contribution in [0.2, 0.25) is 0 Å². The minimum Gasteiger partial charge on any atom is -0.444 e. The van der Waals surface area contributed by atoms with Crippen molar-refractivity contribution in [2.75, 3.05) is 11.1 Å². The third-order valence-electron chi connectivity index (χ3n) is 6.94. The molecule has 6 rings (SSSR count). The van der Waals surface area contributed by atoms with Crippen LogP contribution in [0.4, 0.5) is 14.3 Å². The smallest absolute Gasteiger partial charge is 0.412 e. The molecule has 0 radical (unpaired) electrons. The SMILES string of the molecule is O=C(NC1CC1)c1ccc(-c2csc(NC(=O)C3CSC(c4cccc(F)c4)N3C(=O)OCc3ccccc3)n2)cc1. The number of halogens is 1. The average Bonchev–Trinajstić information content (AvgIpc) is 3.50. The maximum atomic E-state index is 14.1. The van der Waals surface area contributed by atoms with Crippen LogP contribution in [0.1, 0.15) is 39.7 Å². The van der Waals surface area contributed by atoms with Gasteiger partial charge in [0, 0.05) is 28.3 Å². The van der Waals surface area contributed by atoms with Gasteiger partial charge in [-0.2, -0.15) is 0 Å². The van der Waals surface area contributed by atoms with Crippen molar-refractivity contribution in [1.82, 2.24) is 15.2 Å². The number of benzene rings is 3. The summed E-state index contributed by atoms with van der Waals surface area (Å²) >= 11 is 2.63. The van der Waals surface area contributed by atoms with Crippen molar-refractivity contribution in [2.24, 2.45) is 0 Å². The van der Waals surface area contributed by atoms with E-state index in [2.05, 4.69) is 15.6 Å². The number of hydrogen-bond donors (Lipinski definition) is 2. The Labute approximate surface area is 250 Å². The molecule has 2 atom stereocenters. The number of nitrogens with one attached hydrogen (secondary N) is 2. The van der Waals surface area contributed by atoms with E-state index < -0.39 is 29.2 Å². The van der Waals surface area contributed by atoms with E-state index in [1.54, 1.807) is 24.3 Å². The second kappa shape index (κ2) is 12.3. The Morgan fingerprint density at radius 1 is 1.00 bits per heavy atom. The lowest BCUT2D eigenvalue weighted by Crippen LogP contribution is -2.45. The van der Waals surface area contributed by atoms with E-state index in [1.807, 2.05) is 47.8 Å². The summed E-state index contributed by atoms with van der Waals surface area (Å²) in [5.74, 6) is -0.625. The van der Waals surface area contributed by atoms with Gasteiger partial charge in [-0.15, -0.1) is 23.1 Å². The number of thioether (sulfide) groups is 1. The zero-order valence-electron chi connectivity index (χ0n) is 22.4. The fraction of sp³-hybridized carbons (Fsp3) is 0.226. The van der Waals surface area contributed by atoms with Crippen molar-refractivity contribution in [3.63, 3.8) is 0 Å². The Hall–Kier alpha value is -4.22. The molecule has 2 aliphatic rings. The summed E-state index contributed by atoms with van der Waals surface area (Å²) in [5, 5.41) is 7.41. The molecule has 3 aromatic carbocycles. The molecule has 1 saturated heterocycles. The number of hydrogen-bond acceptors (Lipinski definition) is 7. The van der Waals surface area contributed by atoms with E-state index in [-0.39, 0.29) is 18.6 Å². The minimum atomic E-state index is -0.858. The monoisotopic (exact) mass is 602 g/mol. The Bertz CT molecular complexity index is 1590. The predicted octanol–water partition coefficient (Wildman–Crippen LogP) is 6.23. The summed E-state index contributed by atoms with van der Waals surface area (Å²) in [7, 11) is 0. The summed E-state index contributed by atoms with van der Waals surface area (Å²) in [6.45, 7) is 0.0436. The molecule has 2 heterocycles. The Morgan fingerprint density at radius 3 is 2.52 bits per heavy atom. The molecule has 0 bridgehead atoms. The van der Waals surface area contributed by atoms with Crippen LogP contribution in [-0.2, 0) is 16.1 Å². The molecule has 1 aliphatic heterocycles. The lowest BCUT2D eigenvalue weighted by molar-refractivity contribution is -0.120. The van der Waals surface area contributed by atoms with Crippen LogP contribution in [-0.4, -0.2) is 45.6 Å². The molecule has 214 valence electrons. The first-order valence-corrected chi connectivity index (χ1v) is 15.4. The summed E-state index contributed by atoms with van der Waals surface area (Å²) in [4.78, 5) is 45.0. The molecule has 0 spiro atoms. The molecule has 8 nitrogen and oxygen atoms in total. The van der Waals surface area contributed by atoms with Crippen molar-refractivity contribution < 1.29 is 23.5 Å². The molecule has 1 saturated carbocycles. The summed E-state index contributed by atoms with van der Waals surface area (Å²) in [5.41, 5.74) is 3.43. The first kappa shape index (κ1) is 27.9. The van der Waals surface area contributed by atoms with Gasteiger partial charge in [0.15, 0.2) is 5.13 Å². The Balaban J connectivity index is 1.15. The molecule has 11 heteroatoms. The van der Waals surface area contributed by atoms with E-state index >= 15 is 0 Å². The first-order chi connectivity index (χ1) is 20.4. The quantitative estimate of drug-likeness (QED) is 0.248. The molecule has 2 unspecified atom stereocenters. The van der Waals surface area contributed by atoms with E-state index in [0.29, 0.717) is 27.7 Å². The lowest BCUT2D eigenvalue weighted by atomic mass is 10.1. The van der Waals surface area contributed by atoms with Crippen molar-refractivity contribution in [1.29, 1.82) is 0 Å². The largest absolute Gasteiger partial charge is 0.444 e. The van der Waals surface area contributed by atoms with Crippen LogP contribution in [0.15, 0.2) is 84.2 Å². The van der Waals surface area contributed by atoms with E-state index in [1.165, 1.54) is 40.1 Å². The highest BCUT2D eigenvalue weighted by molar-refractivity contribution is 7.99. The van der Waals surface area contributed by atoms with Gasteiger partial charge in [0.25, 0.3) is 5.91 Å². The van der Waals surface area contributed by atoms with Gasteiger partial charge in [-0.25, -0.2) is 14.2 Å². The van der Waals surface area contributed by atoms with Crippen LogP contribution >= 0.6 is 23.1 Å². The lowest BCUT2D eigenvalue weighted by Gasteiger charge is -2.28. The number of aromatic nitrogens is 1. The molecule has 1 aromatic heterocycles. The van der Waals surface area contributed by atoms with Crippen molar-refractivity contribution in [3.05, 3.63) is 107 Å². The number of anilines is 1. The van der Waals surface area contributed by atoms with Gasteiger partial charge in [-0.3, -0.25) is 14.5 Å². The third-order valence-corrected chi connectivity index (χ3v) is 9.02. The number of nitrogens with zero attached hydrogens (tertiary/aromatic N) is 2. The van der Waals surface area contributed by atoms with Gasteiger partial charge in [-0.1, -0.05) is 54.6 Å².